The Balaban J connectivity index is 2.62. The minimum atomic E-state index is -1.03. The van der Waals surface area contributed by atoms with Crippen molar-refractivity contribution in [2.75, 3.05) is 13.1 Å². The van der Waals surface area contributed by atoms with Gasteiger partial charge in [-0.2, -0.15) is 0 Å². The van der Waals surface area contributed by atoms with Gasteiger partial charge in [0.2, 0.25) is 0 Å². The summed E-state index contributed by atoms with van der Waals surface area (Å²) in [7, 11) is 0. The summed E-state index contributed by atoms with van der Waals surface area (Å²) in [5, 5.41) is 17.4. The molecule has 1 aliphatic heterocycles. The van der Waals surface area contributed by atoms with Gasteiger partial charge < -0.3 is 15.1 Å². The summed E-state index contributed by atoms with van der Waals surface area (Å²) in [5.74, 6) is -1.32. The molecule has 0 spiro atoms. The maximum atomic E-state index is 10.6. The van der Waals surface area contributed by atoms with Crippen molar-refractivity contribution < 1.29 is 19.8 Å². The van der Waals surface area contributed by atoms with Crippen LogP contribution in [0.2, 0.25) is 0 Å². The Morgan fingerprint density at radius 3 is 2.38 bits per heavy atom. The van der Waals surface area contributed by atoms with Crippen LogP contribution in [0.1, 0.15) is 13.3 Å². The number of carboxylic acid groups (broad SMARTS) is 2. The molecular formula is C8H13NO4. The molecule has 0 radical (unpaired) electrons. The molecule has 0 aromatic carbocycles. The van der Waals surface area contributed by atoms with Gasteiger partial charge in [-0.15, -0.1) is 0 Å². The molecule has 5 nitrogen and oxygen atoms in total. The van der Waals surface area contributed by atoms with E-state index in [4.69, 9.17) is 10.2 Å². The third kappa shape index (κ3) is 2.34. The first-order chi connectivity index (χ1) is 6.00. The number of carboxylic acids is 1. The highest BCUT2D eigenvalue weighted by Crippen LogP contribution is 2.21. The third-order valence-corrected chi connectivity index (χ3v) is 2.28. The lowest BCUT2D eigenvalue weighted by molar-refractivity contribution is -0.143. The monoisotopic (exact) mass is 187 g/mol. The van der Waals surface area contributed by atoms with Crippen LogP contribution in [0.4, 0.5) is 4.79 Å². The maximum Gasteiger partial charge on any atom is 0.407 e. The van der Waals surface area contributed by atoms with Crippen LogP contribution in [0.3, 0.4) is 0 Å². The summed E-state index contributed by atoms with van der Waals surface area (Å²) in [6, 6.07) is 0. The fourth-order valence-corrected chi connectivity index (χ4v) is 1.69. The summed E-state index contributed by atoms with van der Waals surface area (Å²) < 4.78 is 0. The van der Waals surface area contributed by atoms with Gasteiger partial charge in [0.05, 0.1) is 5.92 Å². The number of piperidine rings is 1. The van der Waals surface area contributed by atoms with Crippen molar-refractivity contribution in [3.05, 3.63) is 0 Å². The van der Waals surface area contributed by atoms with Gasteiger partial charge in [0, 0.05) is 13.1 Å². The van der Waals surface area contributed by atoms with Gasteiger partial charge in [-0.1, -0.05) is 6.92 Å². The Hall–Kier alpha value is -1.26. The molecule has 0 aromatic heterocycles. The molecule has 2 atom stereocenters. The van der Waals surface area contributed by atoms with E-state index in [-0.39, 0.29) is 12.5 Å². The second-order valence-corrected chi connectivity index (χ2v) is 3.56. The highest BCUT2D eigenvalue weighted by molar-refractivity contribution is 5.72. The smallest absolute Gasteiger partial charge is 0.407 e. The zero-order valence-corrected chi connectivity index (χ0v) is 7.43. The average Bonchev–Trinajstić information content (AvgIpc) is 2.03. The molecule has 1 amide bonds. The minimum absolute atomic E-state index is 0.120. The molecule has 1 aliphatic rings. The van der Waals surface area contributed by atoms with Crippen LogP contribution < -0.4 is 0 Å². The molecule has 2 N–H and O–H groups in total. The Kier molecular flexibility index (Phi) is 2.75. The van der Waals surface area contributed by atoms with Gasteiger partial charge in [-0.05, 0) is 12.3 Å². The number of likely N-dealkylation sites (tertiary alicyclic amines) is 1. The predicted molar refractivity (Wildman–Crippen MR) is 44.5 cm³/mol. The number of amides is 1. The summed E-state index contributed by atoms with van der Waals surface area (Å²) in [6.07, 6.45) is -0.461. The van der Waals surface area contributed by atoms with E-state index < -0.39 is 18.0 Å². The van der Waals surface area contributed by atoms with E-state index >= 15 is 0 Å². The van der Waals surface area contributed by atoms with Gasteiger partial charge in [-0.3, -0.25) is 4.79 Å². The molecule has 0 saturated carbocycles. The van der Waals surface area contributed by atoms with Crippen LogP contribution in [0.15, 0.2) is 0 Å². The molecule has 0 bridgehead atoms. The molecule has 0 aromatic rings. The van der Waals surface area contributed by atoms with Gasteiger partial charge in [-0.25, -0.2) is 4.79 Å². The van der Waals surface area contributed by atoms with Crippen molar-refractivity contribution >= 4 is 12.1 Å². The van der Waals surface area contributed by atoms with Crippen molar-refractivity contribution in [3.8, 4) is 0 Å². The quantitative estimate of drug-likeness (QED) is 0.633. The van der Waals surface area contributed by atoms with Crippen LogP contribution >= 0.6 is 0 Å². The zero-order valence-electron chi connectivity index (χ0n) is 7.43. The summed E-state index contributed by atoms with van der Waals surface area (Å²) in [5.41, 5.74) is 0. The molecule has 74 valence electrons. The van der Waals surface area contributed by atoms with Crippen molar-refractivity contribution in [1.29, 1.82) is 0 Å². The van der Waals surface area contributed by atoms with Crippen molar-refractivity contribution in [1.82, 2.24) is 4.90 Å². The van der Waals surface area contributed by atoms with Crippen LogP contribution in [-0.2, 0) is 4.79 Å². The Morgan fingerprint density at radius 2 is 1.92 bits per heavy atom. The molecule has 1 heterocycles. The topological polar surface area (TPSA) is 77.8 Å². The standard InChI is InChI=1S/C8H13NO4/c1-5-2-6(7(10)11)4-9(3-5)8(12)13/h5-6H,2-4H2,1H3,(H,10,11)(H,12,13)/t5-,6-/m0/s1. The number of hydrogen-bond acceptors (Lipinski definition) is 2. The first-order valence-electron chi connectivity index (χ1n) is 4.21. The van der Waals surface area contributed by atoms with Crippen LogP contribution in [0.5, 0.6) is 0 Å². The molecule has 1 fully saturated rings. The first kappa shape index (κ1) is 9.83. The van der Waals surface area contributed by atoms with E-state index in [0.717, 1.165) is 0 Å². The van der Waals surface area contributed by atoms with Crippen LogP contribution in [-0.4, -0.2) is 40.3 Å². The number of carbonyl (C=O) groups is 2. The summed E-state index contributed by atoms with van der Waals surface area (Å²) in [6.45, 7) is 2.43. The van der Waals surface area contributed by atoms with Crippen LogP contribution in [0.25, 0.3) is 0 Å². The highest BCUT2D eigenvalue weighted by Gasteiger charge is 2.31. The molecule has 5 heteroatoms. The Morgan fingerprint density at radius 1 is 1.31 bits per heavy atom. The van der Waals surface area contributed by atoms with Crippen LogP contribution in [0, 0.1) is 11.8 Å². The van der Waals surface area contributed by atoms with Crippen molar-refractivity contribution in [2.45, 2.75) is 13.3 Å². The molecule has 1 rings (SSSR count). The third-order valence-electron chi connectivity index (χ3n) is 2.28. The lowest BCUT2D eigenvalue weighted by atomic mass is 9.91. The van der Waals surface area contributed by atoms with E-state index in [1.807, 2.05) is 6.92 Å². The average molecular weight is 187 g/mol. The second-order valence-electron chi connectivity index (χ2n) is 3.56. The SMILES string of the molecule is C[C@H]1C[C@H](C(=O)O)CN(C(=O)O)C1. The number of rotatable bonds is 1. The Labute approximate surface area is 76.0 Å². The second kappa shape index (κ2) is 3.64. The lowest BCUT2D eigenvalue weighted by Crippen LogP contribution is -2.44. The fraction of sp³-hybridized carbons (Fsp3) is 0.750. The lowest BCUT2D eigenvalue weighted by Gasteiger charge is -2.32. The minimum Gasteiger partial charge on any atom is -0.481 e. The van der Waals surface area contributed by atoms with Crippen molar-refractivity contribution in [2.24, 2.45) is 11.8 Å². The van der Waals surface area contributed by atoms with E-state index in [1.54, 1.807) is 0 Å². The number of hydrogen-bond donors (Lipinski definition) is 2. The molecule has 1 saturated heterocycles. The molecule has 13 heavy (non-hydrogen) atoms. The molecular weight excluding hydrogens is 174 g/mol. The van der Waals surface area contributed by atoms with Crippen molar-refractivity contribution in [3.63, 3.8) is 0 Å². The largest absolute Gasteiger partial charge is 0.481 e. The van der Waals surface area contributed by atoms with E-state index in [1.165, 1.54) is 4.90 Å². The van der Waals surface area contributed by atoms with Gasteiger partial charge >= 0.3 is 12.1 Å². The fourth-order valence-electron chi connectivity index (χ4n) is 1.69. The number of nitrogens with zero attached hydrogens (tertiary/aromatic N) is 1. The first-order valence-corrected chi connectivity index (χ1v) is 4.21. The predicted octanol–water partition coefficient (Wildman–Crippen LogP) is 0.707. The van der Waals surface area contributed by atoms with E-state index in [9.17, 15) is 9.59 Å². The highest BCUT2D eigenvalue weighted by atomic mass is 16.4. The zero-order chi connectivity index (χ0) is 10.0. The maximum absolute atomic E-state index is 10.6. The number of aliphatic carboxylic acids is 1. The molecule has 0 aliphatic carbocycles. The normalized spacial score (nSPS) is 28.5. The van der Waals surface area contributed by atoms with E-state index in [2.05, 4.69) is 0 Å². The van der Waals surface area contributed by atoms with E-state index in [0.29, 0.717) is 13.0 Å². The summed E-state index contributed by atoms with van der Waals surface area (Å²) >= 11 is 0. The summed E-state index contributed by atoms with van der Waals surface area (Å²) in [4.78, 5) is 22.4. The molecule has 0 unspecified atom stereocenters. The van der Waals surface area contributed by atoms with Gasteiger partial charge in [0.25, 0.3) is 0 Å². The van der Waals surface area contributed by atoms with Gasteiger partial charge in [0.15, 0.2) is 0 Å². The van der Waals surface area contributed by atoms with Gasteiger partial charge in [0.1, 0.15) is 0 Å². The Bertz CT molecular complexity index is 206.